The van der Waals surface area contributed by atoms with Crippen molar-refractivity contribution in [2.24, 2.45) is 0 Å². The van der Waals surface area contributed by atoms with E-state index in [1.54, 1.807) is 13.0 Å². The van der Waals surface area contributed by atoms with Crippen LogP contribution in [0.15, 0.2) is 10.6 Å². The maximum atomic E-state index is 11.7. The van der Waals surface area contributed by atoms with Gasteiger partial charge < -0.3 is 19.5 Å². The van der Waals surface area contributed by atoms with E-state index in [2.05, 4.69) is 15.2 Å². The van der Waals surface area contributed by atoms with E-state index in [4.69, 9.17) is 4.52 Å². The van der Waals surface area contributed by atoms with Gasteiger partial charge in [-0.25, -0.2) is 0 Å². The number of anilines is 1. The Morgan fingerprint density at radius 1 is 1.40 bits per heavy atom. The molecule has 0 aliphatic carbocycles. The molecule has 7 heteroatoms. The number of nitrogens with one attached hydrogen (secondary N) is 1. The summed E-state index contributed by atoms with van der Waals surface area (Å²) in [7, 11) is 1.37. The molecule has 0 unspecified atom stereocenters. The van der Waals surface area contributed by atoms with Gasteiger partial charge in [-0.15, -0.1) is 0 Å². The molecule has 1 amide bonds. The Labute approximate surface area is 118 Å². The van der Waals surface area contributed by atoms with E-state index in [9.17, 15) is 9.59 Å². The van der Waals surface area contributed by atoms with Crippen molar-refractivity contribution in [3.63, 3.8) is 0 Å². The Hall–Kier alpha value is -1.89. The molecule has 7 nitrogen and oxygen atoms in total. The number of esters is 1. The van der Waals surface area contributed by atoms with Crippen molar-refractivity contribution >= 4 is 17.7 Å². The summed E-state index contributed by atoms with van der Waals surface area (Å²) >= 11 is 0. The quantitative estimate of drug-likeness (QED) is 0.722. The van der Waals surface area contributed by atoms with Crippen molar-refractivity contribution in [2.45, 2.75) is 26.7 Å². The largest absolute Gasteiger partial charge is 0.469 e. The van der Waals surface area contributed by atoms with Crippen molar-refractivity contribution in [3.8, 4) is 0 Å². The molecule has 0 saturated carbocycles. The zero-order chi connectivity index (χ0) is 15.0. The molecule has 1 aromatic heterocycles. The first-order chi connectivity index (χ1) is 9.55. The van der Waals surface area contributed by atoms with E-state index in [0.29, 0.717) is 37.5 Å². The van der Waals surface area contributed by atoms with E-state index in [0.717, 1.165) is 6.54 Å². The maximum Gasteiger partial charge on any atom is 0.306 e. The molecule has 0 aliphatic rings. The average molecular weight is 283 g/mol. The van der Waals surface area contributed by atoms with Gasteiger partial charge in [-0.2, -0.15) is 0 Å². The third-order valence-corrected chi connectivity index (χ3v) is 2.86. The number of carbonyl (C=O) groups excluding carboxylic acids is 2. The second kappa shape index (κ2) is 8.31. The highest BCUT2D eigenvalue weighted by Crippen LogP contribution is 2.07. The Bertz CT molecular complexity index is 445. The first-order valence-corrected chi connectivity index (χ1v) is 6.57. The first kappa shape index (κ1) is 16.2. The smallest absolute Gasteiger partial charge is 0.306 e. The zero-order valence-corrected chi connectivity index (χ0v) is 12.1. The van der Waals surface area contributed by atoms with Crippen molar-refractivity contribution in [3.05, 3.63) is 11.8 Å². The van der Waals surface area contributed by atoms with Crippen molar-refractivity contribution in [1.82, 2.24) is 10.1 Å². The van der Waals surface area contributed by atoms with Crippen LogP contribution < -0.4 is 5.32 Å². The van der Waals surface area contributed by atoms with Crippen LogP contribution in [0.4, 0.5) is 5.82 Å². The van der Waals surface area contributed by atoms with Crippen molar-refractivity contribution in [1.29, 1.82) is 0 Å². The van der Waals surface area contributed by atoms with Gasteiger partial charge in [-0.3, -0.25) is 9.59 Å². The monoisotopic (exact) mass is 283 g/mol. The summed E-state index contributed by atoms with van der Waals surface area (Å²) in [6.45, 7) is 5.67. The number of nitrogens with zero attached hydrogens (tertiary/aromatic N) is 2. The maximum absolute atomic E-state index is 11.7. The van der Waals surface area contributed by atoms with Gasteiger partial charge in [0.1, 0.15) is 5.76 Å². The minimum atomic E-state index is -0.244. The fourth-order valence-corrected chi connectivity index (χ4v) is 1.67. The molecule has 0 atom stereocenters. The molecule has 20 heavy (non-hydrogen) atoms. The molecule has 0 radical (unpaired) electrons. The van der Waals surface area contributed by atoms with Gasteiger partial charge in [-0.1, -0.05) is 12.1 Å². The van der Waals surface area contributed by atoms with E-state index in [-0.39, 0.29) is 11.9 Å². The van der Waals surface area contributed by atoms with Crippen LogP contribution in [0.3, 0.4) is 0 Å². The second-order valence-corrected chi connectivity index (χ2v) is 4.38. The normalized spacial score (nSPS) is 10.6. The lowest BCUT2D eigenvalue weighted by atomic mass is 10.3. The van der Waals surface area contributed by atoms with Crippen LogP contribution in [0.2, 0.25) is 0 Å². The Morgan fingerprint density at radius 2 is 2.10 bits per heavy atom. The van der Waals surface area contributed by atoms with E-state index >= 15 is 0 Å². The highest BCUT2D eigenvalue weighted by Gasteiger charge is 2.10. The molecule has 0 fully saturated rings. The van der Waals surface area contributed by atoms with Gasteiger partial charge in [0.25, 0.3) is 0 Å². The summed E-state index contributed by atoms with van der Waals surface area (Å²) < 4.78 is 9.45. The Balaban J connectivity index is 2.28. The third-order valence-electron chi connectivity index (χ3n) is 2.86. The van der Waals surface area contributed by atoms with Crippen LogP contribution in [0.5, 0.6) is 0 Å². The molecule has 0 spiro atoms. The first-order valence-electron chi connectivity index (χ1n) is 6.57. The van der Waals surface area contributed by atoms with Gasteiger partial charge in [0, 0.05) is 25.6 Å². The lowest BCUT2D eigenvalue weighted by Gasteiger charge is -2.19. The fraction of sp³-hybridized carbons (Fsp3) is 0.615. The van der Waals surface area contributed by atoms with Crippen molar-refractivity contribution < 1.29 is 18.8 Å². The Kier molecular flexibility index (Phi) is 6.72. The van der Waals surface area contributed by atoms with Crippen LogP contribution in [-0.2, 0) is 14.3 Å². The number of aryl methyl sites for hydroxylation is 1. The van der Waals surface area contributed by atoms with Crippen LogP contribution in [0, 0.1) is 6.92 Å². The van der Waals surface area contributed by atoms with E-state index in [1.807, 2.05) is 11.8 Å². The number of rotatable bonds is 8. The SMILES string of the molecule is CCN(CCC(=O)Nc1cc(C)on1)CCC(=O)OC. The molecule has 1 heterocycles. The second-order valence-electron chi connectivity index (χ2n) is 4.38. The summed E-state index contributed by atoms with van der Waals surface area (Å²) in [5.41, 5.74) is 0. The zero-order valence-electron chi connectivity index (χ0n) is 12.1. The highest BCUT2D eigenvalue weighted by molar-refractivity contribution is 5.89. The number of aromatic nitrogens is 1. The van der Waals surface area contributed by atoms with Gasteiger partial charge in [0.15, 0.2) is 5.82 Å². The standard InChI is InChI=1S/C13H21N3O4/c1-4-16(8-6-13(18)19-3)7-5-12(17)14-11-9-10(2)20-15-11/h9H,4-8H2,1-3H3,(H,14,15,17). The molecule has 0 saturated heterocycles. The number of methoxy groups -OCH3 is 1. The molecule has 0 aliphatic heterocycles. The fourth-order valence-electron chi connectivity index (χ4n) is 1.67. The van der Waals surface area contributed by atoms with E-state index < -0.39 is 0 Å². The van der Waals surface area contributed by atoms with E-state index in [1.165, 1.54) is 7.11 Å². The minimum Gasteiger partial charge on any atom is -0.469 e. The third kappa shape index (κ3) is 5.83. The van der Waals surface area contributed by atoms with Crippen LogP contribution >= 0.6 is 0 Å². The summed E-state index contributed by atoms with van der Waals surface area (Å²) in [5, 5.41) is 6.35. The van der Waals surface area contributed by atoms with Gasteiger partial charge in [-0.05, 0) is 13.5 Å². The van der Waals surface area contributed by atoms with Crippen LogP contribution in [0.1, 0.15) is 25.5 Å². The summed E-state index contributed by atoms with van der Waals surface area (Å²) in [6, 6.07) is 1.66. The predicted molar refractivity (Wildman–Crippen MR) is 73.2 cm³/mol. The number of hydrogen-bond donors (Lipinski definition) is 1. The molecule has 1 rings (SSSR count). The minimum absolute atomic E-state index is 0.130. The summed E-state index contributed by atoms with van der Waals surface area (Å²) in [5.74, 6) is 0.694. The van der Waals surface area contributed by atoms with Crippen molar-refractivity contribution in [2.75, 3.05) is 32.1 Å². The number of hydrogen-bond acceptors (Lipinski definition) is 6. The molecule has 112 valence electrons. The Morgan fingerprint density at radius 3 is 2.65 bits per heavy atom. The molecule has 1 N–H and O–H groups in total. The van der Waals surface area contributed by atoms with Gasteiger partial charge in [0.2, 0.25) is 5.91 Å². The van der Waals surface area contributed by atoms with Gasteiger partial charge in [0.05, 0.1) is 13.5 Å². The highest BCUT2D eigenvalue weighted by atomic mass is 16.5. The molecule has 1 aromatic rings. The number of amides is 1. The predicted octanol–water partition coefficient (Wildman–Crippen LogP) is 1.20. The van der Waals surface area contributed by atoms with Crippen LogP contribution in [-0.4, -0.2) is 48.7 Å². The lowest BCUT2D eigenvalue weighted by Crippen LogP contribution is -2.30. The molecular weight excluding hydrogens is 262 g/mol. The average Bonchev–Trinajstić information content (AvgIpc) is 2.83. The summed E-state index contributed by atoms with van der Waals surface area (Å²) in [6.07, 6.45) is 0.662. The molecular formula is C13H21N3O4. The topological polar surface area (TPSA) is 84.7 Å². The molecule has 0 aromatic carbocycles. The number of carbonyl (C=O) groups is 2. The molecule has 0 bridgehead atoms. The van der Waals surface area contributed by atoms with Crippen LogP contribution in [0.25, 0.3) is 0 Å². The summed E-state index contributed by atoms with van der Waals surface area (Å²) in [4.78, 5) is 24.8. The van der Waals surface area contributed by atoms with Gasteiger partial charge >= 0.3 is 5.97 Å². The number of ether oxygens (including phenoxy) is 1. The lowest BCUT2D eigenvalue weighted by molar-refractivity contribution is -0.140.